The molecule has 0 unspecified atom stereocenters. The topological polar surface area (TPSA) is 57.4 Å². The largest absolute Gasteiger partial charge is 0.376 e. The van der Waals surface area contributed by atoms with E-state index in [2.05, 4.69) is 10.3 Å². The second-order valence-corrected chi connectivity index (χ2v) is 6.62. The van der Waals surface area contributed by atoms with E-state index in [9.17, 15) is 4.79 Å². The van der Waals surface area contributed by atoms with Gasteiger partial charge in [0, 0.05) is 25.8 Å². The summed E-state index contributed by atoms with van der Waals surface area (Å²) in [6.07, 6.45) is 2.30. The van der Waals surface area contributed by atoms with Crippen molar-refractivity contribution in [2.75, 3.05) is 20.2 Å². The Labute approximate surface area is 147 Å². The van der Waals surface area contributed by atoms with Gasteiger partial charge in [-0.15, -0.1) is 0 Å². The van der Waals surface area contributed by atoms with Gasteiger partial charge in [0.1, 0.15) is 0 Å². The minimum atomic E-state index is -0.0620. The van der Waals surface area contributed by atoms with Crippen LogP contribution in [-0.2, 0) is 11.3 Å². The Morgan fingerprint density at radius 1 is 1.50 bits per heavy atom. The first kappa shape index (κ1) is 16.9. The maximum atomic E-state index is 12.5. The number of thiocarbonyl (C=S) groups is 1. The summed E-state index contributed by atoms with van der Waals surface area (Å²) in [5.74, 6) is 0. The highest BCUT2D eigenvalue weighted by Crippen LogP contribution is 2.17. The fourth-order valence-electron chi connectivity index (χ4n) is 3.16. The number of aromatic amines is 1. The summed E-state index contributed by atoms with van der Waals surface area (Å²) in [7, 11) is 1.80. The molecule has 24 heavy (non-hydrogen) atoms. The van der Waals surface area contributed by atoms with Crippen LogP contribution in [0.5, 0.6) is 0 Å². The molecular weight excluding hydrogens is 322 g/mol. The van der Waals surface area contributed by atoms with Crippen molar-refractivity contribution in [2.45, 2.75) is 32.4 Å². The highest BCUT2D eigenvalue weighted by atomic mass is 32.1. The Kier molecular flexibility index (Phi) is 5.16. The minimum Gasteiger partial charge on any atom is -0.376 e. The van der Waals surface area contributed by atoms with Gasteiger partial charge in [0.25, 0.3) is 5.56 Å². The summed E-state index contributed by atoms with van der Waals surface area (Å²) in [6.45, 7) is 3.97. The van der Waals surface area contributed by atoms with E-state index in [-0.39, 0.29) is 11.7 Å². The summed E-state index contributed by atoms with van der Waals surface area (Å²) in [5.41, 5.74) is 2.61. The van der Waals surface area contributed by atoms with Crippen molar-refractivity contribution in [3.05, 3.63) is 45.7 Å². The van der Waals surface area contributed by atoms with E-state index < -0.39 is 0 Å². The van der Waals surface area contributed by atoms with Gasteiger partial charge >= 0.3 is 0 Å². The van der Waals surface area contributed by atoms with Crippen LogP contribution in [0.2, 0.25) is 0 Å². The molecule has 1 aliphatic heterocycles. The van der Waals surface area contributed by atoms with E-state index in [0.717, 1.165) is 35.9 Å². The third kappa shape index (κ3) is 3.60. The van der Waals surface area contributed by atoms with E-state index in [0.29, 0.717) is 23.8 Å². The molecule has 1 aliphatic rings. The molecular formula is C18H23N3O2S. The fourth-order valence-corrected chi connectivity index (χ4v) is 3.30. The lowest BCUT2D eigenvalue weighted by atomic mass is 10.1. The average molecular weight is 345 g/mol. The zero-order valence-electron chi connectivity index (χ0n) is 14.1. The Morgan fingerprint density at radius 3 is 3.04 bits per heavy atom. The first-order valence-corrected chi connectivity index (χ1v) is 8.69. The number of hydrogen-bond donors (Lipinski definition) is 2. The van der Waals surface area contributed by atoms with Crippen LogP contribution in [0.15, 0.2) is 29.1 Å². The Balaban J connectivity index is 1.88. The maximum Gasteiger partial charge on any atom is 0.253 e. The summed E-state index contributed by atoms with van der Waals surface area (Å²) in [5, 5.41) is 4.69. The Hall–Kier alpha value is -1.92. The second-order valence-electron chi connectivity index (χ2n) is 6.23. The van der Waals surface area contributed by atoms with Crippen LogP contribution in [-0.4, -0.2) is 41.3 Å². The molecule has 1 saturated heterocycles. The minimum absolute atomic E-state index is 0.0620. The molecule has 0 spiro atoms. The monoisotopic (exact) mass is 345 g/mol. The van der Waals surface area contributed by atoms with Crippen molar-refractivity contribution in [1.29, 1.82) is 0 Å². The molecule has 6 heteroatoms. The van der Waals surface area contributed by atoms with Crippen LogP contribution in [0, 0.1) is 6.92 Å². The molecule has 0 aliphatic carbocycles. The standard InChI is InChI=1S/C18H23N3O2S/c1-12-5-3-6-13-9-14(17(22)20-16(12)13)10-21(18(24)19-2)11-15-7-4-8-23-15/h3,5-6,9,15H,4,7-8,10-11H2,1-2H3,(H,19,24)(H,20,22)/t15-/m0/s1. The Morgan fingerprint density at radius 2 is 2.33 bits per heavy atom. The summed E-state index contributed by atoms with van der Waals surface area (Å²) < 4.78 is 5.72. The van der Waals surface area contributed by atoms with Crippen LogP contribution < -0.4 is 10.9 Å². The van der Waals surface area contributed by atoms with E-state index in [1.165, 1.54) is 0 Å². The van der Waals surface area contributed by atoms with E-state index in [1.54, 1.807) is 7.05 Å². The normalized spacial score (nSPS) is 17.2. The smallest absolute Gasteiger partial charge is 0.253 e. The van der Waals surface area contributed by atoms with Gasteiger partial charge in [0.05, 0.1) is 18.2 Å². The lowest BCUT2D eigenvalue weighted by Gasteiger charge is -2.27. The van der Waals surface area contributed by atoms with Crippen LogP contribution in [0.3, 0.4) is 0 Å². The number of nitrogens with one attached hydrogen (secondary N) is 2. The van der Waals surface area contributed by atoms with Gasteiger partial charge in [-0.1, -0.05) is 18.2 Å². The number of pyridine rings is 1. The number of aromatic nitrogens is 1. The van der Waals surface area contributed by atoms with Gasteiger partial charge in [-0.05, 0) is 49.0 Å². The number of ether oxygens (including phenoxy) is 1. The number of nitrogens with zero attached hydrogens (tertiary/aromatic N) is 1. The highest BCUT2D eigenvalue weighted by molar-refractivity contribution is 7.80. The quantitative estimate of drug-likeness (QED) is 0.833. The fraction of sp³-hybridized carbons (Fsp3) is 0.444. The molecule has 2 N–H and O–H groups in total. The van der Waals surface area contributed by atoms with E-state index >= 15 is 0 Å². The molecule has 1 atom stereocenters. The number of fused-ring (bicyclic) bond motifs is 1. The number of hydrogen-bond acceptors (Lipinski definition) is 3. The van der Waals surface area contributed by atoms with Crippen LogP contribution in [0.1, 0.15) is 24.0 Å². The summed E-state index contributed by atoms with van der Waals surface area (Å²) in [4.78, 5) is 17.5. The lowest BCUT2D eigenvalue weighted by molar-refractivity contribution is 0.0898. The van der Waals surface area contributed by atoms with Gasteiger partial charge in [-0.3, -0.25) is 4.79 Å². The van der Waals surface area contributed by atoms with Gasteiger partial charge in [0.2, 0.25) is 0 Å². The van der Waals surface area contributed by atoms with Crippen molar-refractivity contribution < 1.29 is 4.74 Å². The molecule has 0 radical (unpaired) electrons. The van der Waals surface area contributed by atoms with Crippen molar-refractivity contribution in [2.24, 2.45) is 0 Å². The molecule has 1 aromatic heterocycles. The van der Waals surface area contributed by atoms with Crippen LogP contribution >= 0.6 is 12.2 Å². The molecule has 1 fully saturated rings. The summed E-state index contributed by atoms with van der Waals surface area (Å²) in [6, 6.07) is 7.98. The third-order valence-electron chi connectivity index (χ3n) is 4.48. The highest BCUT2D eigenvalue weighted by Gasteiger charge is 2.21. The average Bonchev–Trinajstić information content (AvgIpc) is 3.08. The number of aryl methyl sites for hydroxylation is 1. The van der Waals surface area contributed by atoms with E-state index in [4.69, 9.17) is 17.0 Å². The predicted molar refractivity (Wildman–Crippen MR) is 100 cm³/mol. The molecule has 0 amide bonds. The Bertz CT molecular complexity index is 796. The van der Waals surface area contributed by atoms with Crippen molar-refractivity contribution in [1.82, 2.24) is 15.2 Å². The van der Waals surface area contributed by atoms with Crippen LogP contribution in [0.4, 0.5) is 0 Å². The van der Waals surface area contributed by atoms with Crippen molar-refractivity contribution >= 4 is 28.2 Å². The van der Waals surface area contributed by atoms with Gasteiger partial charge < -0.3 is 19.9 Å². The SMILES string of the molecule is CNC(=S)N(Cc1cc2cccc(C)c2[nH]c1=O)C[C@@H]1CCCO1. The second kappa shape index (κ2) is 7.32. The predicted octanol–water partition coefficient (Wildman–Crippen LogP) is 2.32. The van der Waals surface area contributed by atoms with Crippen molar-refractivity contribution in [3.63, 3.8) is 0 Å². The first-order chi connectivity index (χ1) is 11.6. The van der Waals surface area contributed by atoms with E-state index in [1.807, 2.05) is 36.1 Å². The first-order valence-electron chi connectivity index (χ1n) is 8.28. The number of benzene rings is 1. The van der Waals surface area contributed by atoms with Gasteiger partial charge in [0.15, 0.2) is 5.11 Å². The van der Waals surface area contributed by atoms with Gasteiger partial charge in [-0.25, -0.2) is 0 Å². The number of para-hydroxylation sites is 1. The summed E-state index contributed by atoms with van der Waals surface area (Å²) >= 11 is 5.42. The molecule has 1 aromatic carbocycles. The van der Waals surface area contributed by atoms with Crippen molar-refractivity contribution in [3.8, 4) is 0 Å². The molecule has 128 valence electrons. The molecule has 2 aromatic rings. The molecule has 3 rings (SSSR count). The zero-order valence-corrected chi connectivity index (χ0v) is 14.9. The third-order valence-corrected chi connectivity index (χ3v) is 4.94. The molecule has 5 nitrogen and oxygen atoms in total. The number of H-pyrrole nitrogens is 1. The zero-order chi connectivity index (χ0) is 17.1. The maximum absolute atomic E-state index is 12.5. The molecule has 0 bridgehead atoms. The molecule has 2 heterocycles. The molecule has 0 saturated carbocycles. The number of rotatable bonds is 4. The lowest BCUT2D eigenvalue weighted by Crippen LogP contribution is -2.42. The van der Waals surface area contributed by atoms with Crippen LogP contribution in [0.25, 0.3) is 10.9 Å². The van der Waals surface area contributed by atoms with Gasteiger partial charge in [-0.2, -0.15) is 0 Å².